The molecule has 78 heavy (non-hydrogen) atoms. The third kappa shape index (κ3) is 22.0. The fraction of sp³-hybridized carbons (Fsp3) is 0.302. The van der Waals surface area contributed by atoms with Crippen LogP contribution in [0.1, 0.15) is 91.8 Å². The monoisotopic (exact) mass is 1230 g/mol. The van der Waals surface area contributed by atoms with Crippen LogP contribution in [0, 0.1) is 22.7 Å². The molecule has 4 aliphatic rings. The molecule has 0 radical (unpaired) electrons. The summed E-state index contributed by atoms with van der Waals surface area (Å²) in [6, 6.07) is 16.3. The van der Waals surface area contributed by atoms with E-state index in [1.807, 2.05) is 51.1 Å². The van der Waals surface area contributed by atoms with Crippen molar-refractivity contribution in [2.24, 2.45) is 0 Å². The molecule has 410 valence electrons. The van der Waals surface area contributed by atoms with Crippen molar-refractivity contribution in [2.45, 2.75) is 78.0 Å². The van der Waals surface area contributed by atoms with Crippen LogP contribution < -0.4 is 31.5 Å². The molecule has 9 heterocycles. The minimum Gasteiger partial charge on any atom is -0.478 e. The normalized spacial score (nSPS) is 14.3. The smallest absolute Gasteiger partial charge is 0.331 e. The number of nitrogens with one attached hydrogen (secondary N) is 5. The molecule has 0 unspecified atom stereocenters. The molecular formula is C53H57Br2Cl2N13O8. The van der Waals surface area contributed by atoms with Crippen LogP contribution in [-0.4, -0.2) is 97.2 Å². The Hall–Kier alpha value is -7.83. The number of carboxylic acids is 1. The Morgan fingerprint density at radius 2 is 1.23 bits per heavy atom. The maximum absolute atomic E-state index is 11.7. The number of carbonyl (C=O) groups is 6. The number of nitrogens with zero attached hydrogens (tertiary/aromatic N) is 8. The number of aliphatic carboxylic acids is 1. The Morgan fingerprint density at radius 1 is 0.705 bits per heavy atom. The summed E-state index contributed by atoms with van der Waals surface area (Å²) in [5.41, 5.74) is 4.71. The van der Waals surface area contributed by atoms with E-state index in [2.05, 4.69) is 67.4 Å². The molecule has 0 atom stereocenters. The third-order valence-corrected chi connectivity index (χ3v) is 11.4. The standard InChI is InChI=1S/C16H21N3O3.C13H14N2O3.C9H10BrN3O.C9H7N3O.C6H3ClN2.BrH.ClH/c1-16(2,3)22-14(21)5-4-11-8-12-10-18-13(20)6-7-17-15(12)19-9-11;16-11-3-2-10-7-9(1-4-12(17)18)8-15-13(10)14-6-5-11;10-7-3-6-4-12-8(14)1-2-11-9(6)13-5-7;10-6-7-2-1-4-11-9(7)12-5-3-8(12)13;7-6-5(4-8)2-1-3-9-6;;/h4-5,8-9H,6-7,10H2,1-3H3,(H,17,19)(H,18,20);1,4,7-8H,2-3,5-6H2,(H,14,15)(H,17,18);3,5H,1-2,4H2,(H,11,13)(H,12,14);1-2,4H,3,5H2;1-3H;2*1H/b5-4+;4-1+;;;;;. The third-order valence-electron chi connectivity index (χ3n) is 10.6. The van der Waals surface area contributed by atoms with E-state index in [-0.39, 0.29) is 58.0 Å². The maximum atomic E-state index is 11.7. The van der Waals surface area contributed by atoms with Crippen LogP contribution in [0.5, 0.6) is 0 Å². The zero-order valence-electron chi connectivity index (χ0n) is 42.7. The number of nitriles is 2. The lowest BCUT2D eigenvalue weighted by Gasteiger charge is -2.29. The molecule has 5 aromatic heterocycles. The molecule has 25 heteroatoms. The van der Waals surface area contributed by atoms with E-state index >= 15 is 0 Å². The highest BCUT2D eigenvalue weighted by molar-refractivity contribution is 9.10. The summed E-state index contributed by atoms with van der Waals surface area (Å²) in [4.78, 5) is 89.2. The number of pyridine rings is 5. The highest BCUT2D eigenvalue weighted by Crippen LogP contribution is 2.24. The number of esters is 1. The van der Waals surface area contributed by atoms with Gasteiger partial charge in [-0.05, 0) is 114 Å². The first-order valence-electron chi connectivity index (χ1n) is 23.8. The molecule has 21 nitrogen and oxygen atoms in total. The summed E-state index contributed by atoms with van der Waals surface area (Å²) >= 11 is 8.84. The second kappa shape index (κ2) is 32.7. The quantitative estimate of drug-likeness (QED) is 0.0421. The molecule has 0 aromatic carbocycles. The Labute approximate surface area is 481 Å². The van der Waals surface area contributed by atoms with Gasteiger partial charge in [-0.2, -0.15) is 10.5 Å². The number of β-lactam (4-membered cyclic amide) rings is 1. The van der Waals surface area contributed by atoms with Gasteiger partial charge in [-0.25, -0.2) is 34.5 Å². The van der Waals surface area contributed by atoms with Crippen LogP contribution in [-0.2, 0) is 53.0 Å². The van der Waals surface area contributed by atoms with Crippen LogP contribution in [0.2, 0.25) is 5.15 Å². The molecule has 9 rings (SSSR count). The van der Waals surface area contributed by atoms with Gasteiger partial charge < -0.3 is 36.4 Å². The molecule has 6 N–H and O–H groups in total. The molecule has 1 saturated heterocycles. The lowest BCUT2D eigenvalue weighted by Crippen LogP contribution is -2.44. The molecule has 0 spiro atoms. The van der Waals surface area contributed by atoms with Gasteiger partial charge in [0.25, 0.3) is 0 Å². The van der Waals surface area contributed by atoms with E-state index in [4.69, 9.17) is 32.0 Å². The molecule has 0 bridgehead atoms. The maximum Gasteiger partial charge on any atom is 0.331 e. The summed E-state index contributed by atoms with van der Waals surface area (Å²) in [5, 5.41) is 41.0. The number of ketones is 1. The van der Waals surface area contributed by atoms with Crippen molar-refractivity contribution in [1.29, 1.82) is 10.5 Å². The number of rotatable bonds is 5. The molecular weight excluding hydrogens is 1180 g/mol. The van der Waals surface area contributed by atoms with E-state index < -0.39 is 17.5 Å². The zero-order chi connectivity index (χ0) is 55.0. The number of hydrogen-bond donors (Lipinski definition) is 6. The van der Waals surface area contributed by atoms with Crippen molar-refractivity contribution in [3.63, 3.8) is 0 Å². The Bertz CT molecular complexity index is 3070. The molecule has 4 aliphatic heterocycles. The molecule has 1 fully saturated rings. The number of aryl methyl sites for hydroxylation is 1. The highest BCUT2D eigenvalue weighted by atomic mass is 79.9. The predicted molar refractivity (Wildman–Crippen MR) is 306 cm³/mol. The largest absolute Gasteiger partial charge is 0.478 e. The SMILES string of the molecule is Br.CC(C)(C)OC(=O)/C=C/c1cnc2c(c1)CNC(=O)CCN2.Cl.N#Cc1cccnc1Cl.N#Cc1cccnc1N1CCC1=O.O=C(O)/C=C/c1cnc2c(c1)CCC(=O)CCN2.O=C1CCNc2ncc(Br)cc2CN1. The second-order valence-electron chi connectivity index (χ2n) is 17.6. The average molecular weight is 1230 g/mol. The number of hydrogen-bond acceptors (Lipinski definition) is 17. The number of halogens is 4. The number of ether oxygens (including phenoxy) is 1. The van der Waals surface area contributed by atoms with E-state index in [1.54, 1.807) is 61.3 Å². The van der Waals surface area contributed by atoms with Gasteiger partial charge in [0.2, 0.25) is 17.7 Å². The van der Waals surface area contributed by atoms with Gasteiger partial charge in [-0.15, -0.1) is 29.4 Å². The number of aromatic nitrogens is 5. The van der Waals surface area contributed by atoms with Crippen LogP contribution in [0.4, 0.5) is 23.3 Å². The lowest BCUT2D eigenvalue weighted by molar-refractivity contribution is -0.148. The van der Waals surface area contributed by atoms with Crippen molar-refractivity contribution < 1.29 is 38.6 Å². The van der Waals surface area contributed by atoms with E-state index in [0.717, 1.165) is 55.8 Å². The molecule has 0 aliphatic carbocycles. The highest BCUT2D eigenvalue weighted by Gasteiger charge is 2.28. The van der Waals surface area contributed by atoms with Crippen molar-refractivity contribution in [1.82, 2.24) is 35.6 Å². The minimum atomic E-state index is -0.991. The van der Waals surface area contributed by atoms with Crippen LogP contribution >= 0.6 is 56.9 Å². The van der Waals surface area contributed by atoms with E-state index in [0.29, 0.717) is 94.7 Å². The van der Waals surface area contributed by atoms with Crippen molar-refractivity contribution in [2.75, 3.05) is 47.0 Å². The van der Waals surface area contributed by atoms with Gasteiger partial charge in [0.15, 0.2) is 5.82 Å². The predicted octanol–water partition coefficient (Wildman–Crippen LogP) is 7.94. The summed E-state index contributed by atoms with van der Waals surface area (Å²) in [6.07, 6.45) is 16.9. The first kappa shape index (κ1) is 64.5. The summed E-state index contributed by atoms with van der Waals surface area (Å²) in [6.45, 7) is 8.87. The first-order valence-corrected chi connectivity index (χ1v) is 25.0. The zero-order valence-corrected chi connectivity index (χ0v) is 47.5. The van der Waals surface area contributed by atoms with Gasteiger partial charge >= 0.3 is 11.9 Å². The van der Waals surface area contributed by atoms with Gasteiger partial charge in [-0.1, -0.05) is 11.6 Å². The summed E-state index contributed by atoms with van der Waals surface area (Å²) in [7, 11) is 0. The van der Waals surface area contributed by atoms with Gasteiger partial charge in [0.05, 0.1) is 11.1 Å². The topological polar surface area (TPSA) is 307 Å². The second-order valence-corrected chi connectivity index (χ2v) is 18.9. The Morgan fingerprint density at radius 3 is 1.76 bits per heavy atom. The number of anilines is 4. The molecule has 3 amide bonds. The van der Waals surface area contributed by atoms with E-state index in [9.17, 15) is 28.8 Å². The Kier molecular flexibility index (Phi) is 27.0. The molecule has 0 saturated carbocycles. The number of amides is 3. The van der Waals surface area contributed by atoms with Crippen molar-refractivity contribution >= 4 is 128 Å². The number of carboxylic acid groups (broad SMARTS) is 1. The van der Waals surface area contributed by atoms with Gasteiger partial charge in [0, 0.05) is 130 Å². The number of Topliss-reactive ketones (excluding diaryl/α,β-unsaturated/α-hetero) is 1. The lowest BCUT2D eigenvalue weighted by atomic mass is 10.0. The minimum absolute atomic E-state index is 0. The Balaban J connectivity index is 0.000000262. The fourth-order valence-electron chi connectivity index (χ4n) is 6.91. The van der Waals surface area contributed by atoms with Gasteiger partial charge in [-0.3, -0.25) is 24.1 Å². The number of carbonyl (C=O) groups excluding carboxylic acids is 5. The first-order chi connectivity index (χ1) is 36.4. The summed E-state index contributed by atoms with van der Waals surface area (Å²) < 4.78 is 6.13. The average Bonchev–Trinajstić information content (AvgIpc) is 3.37. The molecule has 5 aromatic rings. The number of fused-ring (bicyclic) bond motifs is 3. The van der Waals surface area contributed by atoms with Gasteiger partial charge in [0.1, 0.15) is 46.1 Å². The van der Waals surface area contributed by atoms with Crippen molar-refractivity contribution in [3.8, 4) is 12.1 Å². The van der Waals surface area contributed by atoms with Crippen LogP contribution in [0.3, 0.4) is 0 Å². The van der Waals surface area contributed by atoms with Crippen LogP contribution in [0.25, 0.3) is 12.2 Å². The summed E-state index contributed by atoms with van der Waals surface area (Å²) in [5.74, 6) is 1.85. The van der Waals surface area contributed by atoms with E-state index in [1.165, 1.54) is 17.1 Å². The fourth-order valence-corrected chi connectivity index (χ4v) is 7.45. The van der Waals surface area contributed by atoms with Crippen molar-refractivity contribution in [3.05, 3.63) is 134 Å². The van der Waals surface area contributed by atoms with Crippen LogP contribution in [0.15, 0.2) is 90.1 Å².